The monoisotopic (exact) mass is 234 g/mol. The predicted octanol–water partition coefficient (Wildman–Crippen LogP) is 2.85. The van der Waals surface area contributed by atoms with Gasteiger partial charge >= 0.3 is 5.97 Å². The summed E-state index contributed by atoms with van der Waals surface area (Å²) >= 11 is 0. The fourth-order valence-electron chi connectivity index (χ4n) is 1.56. The van der Waals surface area contributed by atoms with Gasteiger partial charge in [0.05, 0.1) is 12.2 Å². The third-order valence-corrected chi connectivity index (χ3v) is 2.73. The first-order valence-electron chi connectivity index (χ1n) is 5.93. The molecule has 0 bridgehead atoms. The summed E-state index contributed by atoms with van der Waals surface area (Å²) < 4.78 is 5.22. The zero-order valence-electron chi connectivity index (χ0n) is 10.1. The van der Waals surface area contributed by atoms with Crippen molar-refractivity contribution in [3.63, 3.8) is 0 Å². The van der Waals surface area contributed by atoms with E-state index in [1.54, 1.807) is 24.3 Å². The third-order valence-electron chi connectivity index (χ3n) is 2.73. The van der Waals surface area contributed by atoms with E-state index in [9.17, 15) is 9.59 Å². The van der Waals surface area contributed by atoms with Gasteiger partial charge in [-0.2, -0.15) is 0 Å². The lowest BCUT2D eigenvalue weighted by Gasteiger charge is -2.13. The third kappa shape index (κ3) is 4.81. The molecule has 0 aliphatic carbocycles. The summed E-state index contributed by atoms with van der Waals surface area (Å²) in [6.45, 7) is 2.42. The van der Waals surface area contributed by atoms with Gasteiger partial charge in [0.1, 0.15) is 6.29 Å². The number of hydrogen-bond donors (Lipinski definition) is 0. The molecular formula is C14H18O3. The van der Waals surface area contributed by atoms with Crippen molar-refractivity contribution in [2.75, 3.05) is 6.61 Å². The number of esters is 1. The van der Waals surface area contributed by atoms with Crippen LogP contribution in [0, 0.1) is 5.92 Å². The molecule has 0 radical (unpaired) electrons. The zero-order chi connectivity index (χ0) is 12.5. The Morgan fingerprint density at radius 2 is 2.06 bits per heavy atom. The molecule has 1 rings (SSSR count). The molecule has 92 valence electrons. The van der Waals surface area contributed by atoms with Crippen molar-refractivity contribution < 1.29 is 14.3 Å². The first-order chi connectivity index (χ1) is 8.27. The minimum atomic E-state index is -0.296. The Balaban J connectivity index is 2.39. The van der Waals surface area contributed by atoms with E-state index in [1.807, 2.05) is 13.0 Å². The van der Waals surface area contributed by atoms with Crippen molar-refractivity contribution in [3.05, 3.63) is 35.9 Å². The van der Waals surface area contributed by atoms with Crippen LogP contribution in [-0.4, -0.2) is 18.9 Å². The summed E-state index contributed by atoms with van der Waals surface area (Å²) in [4.78, 5) is 21.9. The smallest absolute Gasteiger partial charge is 0.338 e. The average molecular weight is 234 g/mol. The van der Waals surface area contributed by atoms with Crippen LogP contribution >= 0.6 is 0 Å². The highest BCUT2D eigenvalue weighted by molar-refractivity contribution is 5.89. The molecule has 0 saturated heterocycles. The molecule has 3 heteroatoms. The van der Waals surface area contributed by atoms with Crippen LogP contribution in [-0.2, 0) is 9.53 Å². The van der Waals surface area contributed by atoms with E-state index >= 15 is 0 Å². The molecule has 0 fully saturated rings. The number of rotatable bonds is 7. The molecule has 0 N–H and O–H groups in total. The van der Waals surface area contributed by atoms with Crippen LogP contribution in [0.25, 0.3) is 0 Å². The fourth-order valence-corrected chi connectivity index (χ4v) is 1.56. The van der Waals surface area contributed by atoms with Crippen LogP contribution < -0.4 is 0 Å². The largest absolute Gasteiger partial charge is 0.462 e. The van der Waals surface area contributed by atoms with Crippen molar-refractivity contribution in [2.24, 2.45) is 5.92 Å². The lowest BCUT2D eigenvalue weighted by Crippen LogP contribution is -2.14. The Morgan fingerprint density at radius 3 is 2.65 bits per heavy atom. The average Bonchev–Trinajstić information content (AvgIpc) is 2.39. The Kier molecular flexibility index (Phi) is 6.00. The molecular weight excluding hydrogens is 216 g/mol. The molecule has 1 aromatic carbocycles. The van der Waals surface area contributed by atoms with Gasteiger partial charge in [-0.25, -0.2) is 4.79 Å². The van der Waals surface area contributed by atoms with E-state index in [1.165, 1.54) is 0 Å². The lowest BCUT2D eigenvalue weighted by molar-refractivity contribution is -0.108. The SMILES string of the molecule is CCC(CCC=O)COC(=O)c1ccccc1. The van der Waals surface area contributed by atoms with E-state index in [2.05, 4.69) is 0 Å². The normalized spacial score (nSPS) is 11.8. The molecule has 0 amide bonds. The van der Waals surface area contributed by atoms with E-state index in [-0.39, 0.29) is 11.9 Å². The molecule has 0 spiro atoms. The first-order valence-corrected chi connectivity index (χ1v) is 5.93. The molecule has 0 aliphatic rings. The number of carbonyl (C=O) groups is 2. The van der Waals surface area contributed by atoms with Crippen molar-refractivity contribution in [1.29, 1.82) is 0 Å². The zero-order valence-corrected chi connectivity index (χ0v) is 10.1. The van der Waals surface area contributed by atoms with Crippen molar-refractivity contribution in [3.8, 4) is 0 Å². The summed E-state index contributed by atoms with van der Waals surface area (Å²) in [5.41, 5.74) is 0.567. The lowest BCUT2D eigenvalue weighted by atomic mass is 10.0. The van der Waals surface area contributed by atoms with Gasteiger partial charge in [0, 0.05) is 6.42 Å². The number of carbonyl (C=O) groups excluding carboxylic acids is 2. The van der Waals surface area contributed by atoms with Gasteiger partial charge in [-0.1, -0.05) is 31.5 Å². The summed E-state index contributed by atoms with van der Waals surface area (Å²) in [6.07, 6.45) is 3.13. The second kappa shape index (κ2) is 7.60. The molecule has 0 heterocycles. The van der Waals surface area contributed by atoms with Crippen LogP contribution in [0.1, 0.15) is 36.5 Å². The van der Waals surface area contributed by atoms with Crippen molar-refractivity contribution in [1.82, 2.24) is 0 Å². The molecule has 0 aliphatic heterocycles. The van der Waals surface area contributed by atoms with Gasteiger partial charge in [0.25, 0.3) is 0 Å². The summed E-state index contributed by atoms with van der Waals surface area (Å²) in [5, 5.41) is 0. The van der Waals surface area contributed by atoms with E-state index in [0.717, 1.165) is 19.1 Å². The maximum Gasteiger partial charge on any atom is 0.338 e. The summed E-state index contributed by atoms with van der Waals surface area (Å²) in [6, 6.07) is 8.93. The highest BCUT2D eigenvalue weighted by atomic mass is 16.5. The molecule has 0 aromatic heterocycles. The molecule has 0 saturated carbocycles. The second-order valence-electron chi connectivity index (χ2n) is 3.98. The Hall–Kier alpha value is -1.64. The van der Waals surface area contributed by atoms with Gasteiger partial charge in [-0.15, -0.1) is 0 Å². The number of benzene rings is 1. The maximum atomic E-state index is 11.6. The van der Waals surface area contributed by atoms with Gasteiger partial charge < -0.3 is 9.53 Å². The first kappa shape index (κ1) is 13.4. The molecule has 1 aromatic rings. The quantitative estimate of drug-likeness (QED) is 0.538. The second-order valence-corrected chi connectivity index (χ2v) is 3.98. The van der Waals surface area contributed by atoms with Gasteiger partial charge in [0.15, 0.2) is 0 Å². The number of ether oxygens (including phenoxy) is 1. The van der Waals surface area contributed by atoms with Crippen LogP contribution in [0.4, 0.5) is 0 Å². The van der Waals surface area contributed by atoms with E-state index < -0.39 is 0 Å². The fraction of sp³-hybridized carbons (Fsp3) is 0.429. The van der Waals surface area contributed by atoms with E-state index in [4.69, 9.17) is 4.74 Å². The summed E-state index contributed by atoms with van der Waals surface area (Å²) in [7, 11) is 0. The van der Waals surface area contributed by atoms with Crippen LogP contribution in [0.2, 0.25) is 0 Å². The highest BCUT2D eigenvalue weighted by Crippen LogP contribution is 2.12. The maximum absolute atomic E-state index is 11.6. The van der Waals surface area contributed by atoms with Gasteiger partial charge in [0.2, 0.25) is 0 Å². The minimum absolute atomic E-state index is 0.271. The molecule has 17 heavy (non-hydrogen) atoms. The topological polar surface area (TPSA) is 43.4 Å². The Morgan fingerprint density at radius 1 is 1.35 bits per heavy atom. The number of hydrogen-bond acceptors (Lipinski definition) is 3. The Labute approximate surface area is 102 Å². The van der Waals surface area contributed by atoms with Crippen molar-refractivity contribution >= 4 is 12.3 Å². The minimum Gasteiger partial charge on any atom is -0.462 e. The van der Waals surface area contributed by atoms with Gasteiger partial charge in [-0.05, 0) is 24.5 Å². The van der Waals surface area contributed by atoms with Gasteiger partial charge in [-0.3, -0.25) is 0 Å². The molecule has 3 nitrogen and oxygen atoms in total. The Bertz CT molecular complexity index is 346. The number of aldehydes is 1. The van der Waals surface area contributed by atoms with E-state index in [0.29, 0.717) is 18.6 Å². The van der Waals surface area contributed by atoms with Crippen molar-refractivity contribution in [2.45, 2.75) is 26.2 Å². The van der Waals surface area contributed by atoms with Crippen LogP contribution in [0.15, 0.2) is 30.3 Å². The van der Waals surface area contributed by atoms with Crippen LogP contribution in [0.3, 0.4) is 0 Å². The molecule has 1 atom stereocenters. The van der Waals surface area contributed by atoms with Crippen LogP contribution in [0.5, 0.6) is 0 Å². The predicted molar refractivity (Wildman–Crippen MR) is 65.8 cm³/mol. The molecule has 1 unspecified atom stereocenters. The summed E-state index contributed by atoms with van der Waals surface area (Å²) in [5.74, 6) is -0.0250. The highest BCUT2D eigenvalue weighted by Gasteiger charge is 2.11. The standard InChI is InChI=1S/C14H18O3/c1-2-12(7-6-10-15)11-17-14(16)13-8-4-3-5-9-13/h3-5,8-10,12H,2,6-7,11H2,1H3.